The average molecular weight is 402 g/mol. The molecule has 0 saturated carbocycles. The van der Waals surface area contributed by atoms with E-state index in [1.807, 2.05) is 6.92 Å². The highest BCUT2D eigenvalue weighted by molar-refractivity contribution is 5.93. The van der Waals surface area contributed by atoms with Crippen molar-refractivity contribution in [2.24, 2.45) is 5.92 Å². The lowest BCUT2D eigenvalue weighted by atomic mass is 9.98. The first kappa shape index (κ1) is 21.0. The Morgan fingerprint density at radius 3 is 2.66 bits per heavy atom. The number of nitrogens with one attached hydrogen (secondary N) is 2. The number of carbonyl (C=O) groups is 2. The number of hydrogen-bond acceptors (Lipinski definition) is 5. The summed E-state index contributed by atoms with van der Waals surface area (Å²) in [5.74, 6) is 0.103. The largest absolute Gasteiger partial charge is 0.356 e. The second-order valence-corrected chi connectivity index (χ2v) is 7.25. The Hall–Kier alpha value is -2.74. The zero-order chi connectivity index (χ0) is 20.6. The third kappa shape index (κ3) is 5.87. The highest BCUT2D eigenvalue weighted by Gasteiger charge is 2.31. The number of nitrogens with zero attached hydrogens (tertiary/aromatic N) is 2. The Kier molecular flexibility index (Phi) is 7.35. The molecule has 2 aromatic rings. The molecule has 0 radical (unpaired) electrons. The van der Waals surface area contributed by atoms with Gasteiger partial charge in [0.1, 0.15) is 5.82 Å². The van der Waals surface area contributed by atoms with Crippen LogP contribution in [0.4, 0.5) is 4.39 Å². The molecule has 0 bridgehead atoms. The first-order chi connectivity index (χ1) is 14.1. The van der Waals surface area contributed by atoms with Gasteiger partial charge in [0.2, 0.25) is 5.91 Å². The van der Waals surface area contributed by atoms with Crippen LogP contribution in [0, 0.1) is 11.7 Å². The molecule has 2 heterocycles. The van der Waals surface area contributed by atoms with Gasteiger partial charge in [0, 0.05) is 37.8 Å². The molecule has 2 N–H and O–H groups in total. The molecule has 156 valence electrons. The smallest absolute Gasteiger partial charge is 0.273 e. The number of halogens is 1. The molecule has 2 amide bonds. The molecule has 0 atom stereocenters. The molecular weight excluding hydrogens is 375 g/mol. The van der Waals surface area contributed by atoms with Gasteiger partial charge in [0.15, 0.2) is 11.5 Å². The van der Waals surface area contributed by atoms with Crippen molar-refractivity contribution in [1.82, 2.24) is 20.7 Å². The fourth-order valence-corrected chi connectivity index (χ4v) is 3.30. The minimum atomic E-state index is -0.331. The van der Waals surface area contributed by atoms with E-state index in [1.165, 1.54) is 12.1 Å². The number of amides is 2. The summed E-state index contributed by atoms with van der Waals surface area (Å²) in [5.41, 5.74) is 0.875. The normalized spacial score (nSPS) is 14.4. The Bertz CT molecular complexity index is 816. The van der Waals surface area contributed by atoms with Crippen LogP contribution in [0.2, 0.25) is 0 Å². The van der Waals surface area contributed by atoms with Crippen LogP contribution in [0.3, 0.4) is 0 Å². The molecule has 1 aliphatic heterocycles. The Morgan fingerprint density at radius 1 is 1.17 bits per heavy atom. The summed E-state index contributed by atoms with van der Waals surface area (Å²) in [5, 5.41) is 9.48. The van der Waals surface area contributed by atoms with Gasteiger partial charge >= 0.3 is 0 Å². The van der Waals surface area contributed by atoms with Crippen molar-refractivity contribution in [3.8, 4) is 11.3 Å². The Balaban J connectivity index is 1.28. The summed E-state index contributed by atoms with van der Waals surface area (Å²) in [6.07, 6.45) is 2.92. The van der Waals surface area contributed by atoms with Crippen LogP contribution in [-0.2, 0) is 4.79 Å². The zero-order valence-electron chi connectivity index (χ0n) is 16.6. The quantitative estimate of drug-likeness (QED) is 0.596. The van der Waals surface area contributed by atoms with Gasteiger partial charge in [-0.3, -0.25) is 9.59 Å². The number of rotatable bonds is 10. The maximum Gasteiger partial charge on any atom is 0.273 e. The van der Waals surface area contributed by atoms with Crippen molar-refractivity contribution in [3.63, 3.8) is 0 Å². The van der Waals surface area contributed by atoms with Crippen LogP contribution >= 0.6 is 0 Å². The predicted octanol–water partition coefficient (Wildman–Crippen LogP) is 2.45. The zero-order valence-corrected chi connectivity index (χ0v) is 16.6. The average Bonchev–Trinajstić information content (AvgIpc) is 3.16. The number of hydrogen-bond donors (Lipinski definition) is 2. The van der Waals surface area contributed by atoms with E-state index in [0.717, 1.165) is 38.9 Å². The van der Waals surface area contributed by atoms with Crippen molar-refractivity contribution in [1.29, 1.82) is 0 Å². The molecule has 1 aromatic carbocycles. The van der Waals surface area contributed by atoms with E-state index in [0.29, 0.717) is 24.4 Å². The van der Waals surface area contributed by atoms with Crippen LogP contribution < -0.4 is 10.6 Å². The van der Waals surface area contributed by atoms with Gasteiger partial charge in [0.05, 0.1) is 5.92 Å². The maximum absolute atomic E-state index is 13.0. The first-order valence-corrected chi connectivity index (χ1v) is 10.1. The van der Waals surface area contributed by atoms with E-state index < -0.39 is 0 Å². The SMILES string of the molecule is CCNC(=O)C1CN(CCCCCNC(=O)c2cc(-c3ccc(F)cc3)on2)C1. The lowest BCUT2D eigenvalue weighted by molar-refractivity contribution is -0.130. The number of unbranched alkanes of at least 4 members (excludes halogenated alkanes) is 2. The molecule has 1 aliphatic rings. The third-order valence-corrected chi connectivity index (χ3v) is 4.99. The molecule has 7 nitrogen and oxygen atoms in total. The monoisotopic (exact) mass is 402 g/mol. The van der Waals surface area contributed by atoms with E-state index in [2.05, 4.69) is 20.7 Å². The van der Waals surface area contributed by atoms with Crippen LogP contribution in [0.25, 0.3) is 11.3 Å². The predicted molar refractivity (Wildman–Crippen MR) is 107 cm³/mol. The van der Waals surface area contributed by atoms with Gasteiger partial charge in [-0.25, -0.2) is 4.39 Å². The van der Waals surface area contributed by atoms with Crippen molar-refractivity contribution in [3.05, 3.63) is 41.8 Å². The van der Waals surface area contributed by atoms with Gasteiger partial charge in [0.25, 0.3) is 5.91 Å². The minimum absolute atomic E-state index is 0.136. The van der Waals surface area contributed by atoms with Gasteiger partial charge in [-0.1, -0.05) is 11.6 Å². The lowest BCUT2D eigenvalue weighted by Crippen LogP contribution is -2.53. The topological polar surface area (TPSA) is 87.5 Å². The highest BCUT2D eigenvalue weighted by atomic mass is 19.1. The number of carbonyl (C=O) groups excluding carboxylic acids is 2. The summed E-state index contributed by atoms with van der Waals surface area (Å²) in [7, 11) is 0. The van der Waals surface area contributed by atoms with E-state index >= 15 is 0 Å². The Labute approximate surface area is 169 Å². The molecule has 29 heavy (non-hydrogen) atoms. The number of likely N-dealkylation sites (tertiary alicyclic amines) is 1. The molecule has 0 aliphatic carbocycles. The van der Waals surface area contributed by atoms with Crippen LogP contribution in [0.1, 0.15) is 36.7 Å². The molecule has 0 unspecified atom stereocenters. The van der Waals surface area contributed by atoms with Gasteiger partial charge in [-0.15, -0.1) is 0 Å². The summed E-state index contributed by atoms with van der Waals surface area (Å²) in [6, 6.07) is 7.37. The summed E-state index contributed by atoms with van der Waals surface area (Å²) in [6.45, 7) is 5.84. The Morgan fingerprint density at radius 2 is 1.93 bits per heavy atom. The third-order valence-electron chi connectivity index (χ3n) is 4.99. The summed E-state index contributed by atoms with van der Waals surface area (Å²) >= 11 is 0. The molecule has 0 spiro atoms. The summed E-state index contributed by atoms with van der Waals surface area (Å²) in [4.78, 5) is 26.1. The molecule has 1 fully saturated rings. The van der Waals surface area contributed by atoms with Crippen molar-refractivity contribution < 1.29 is 18.5 Å². The molecule has 1 aromatic heterocycles. The number of benzene rings is 1. The van der Waals surface area contributed by atoms with Crippen molar-refractivity contribution in [2.75, 3.05) is 32.7 Å². The van der Waals surface area contributed by atoms with Crippen LogP contribution in [-0.4, -0.2) is 54.6 Å². The molecular formula is C21H27FN4O3. The van der Waals surface area contributed by atoms with Crippen LogP contribution in [0.5, 0.6) is 0 Å². The number of aromatic nitrogens is 1. The van der Waals surface area contributed by atoms with Crippen LogP contribution in [0.15, 0.2) is 34.9 Å². The lowest BCUT2D eigenvalue weighted by Gasteiger charge is -2.38. The van der Waals surface area contributed by atoms with Gasteiger partial charge in [-0.2, -0.15) is 0 Å². The highest BCUT2D eigenvalue weighted by Crippen LogP contribution is 2.20. The van der Waals surface area contributed by atoms with Crippen molar-refractivity contribution in [2.45, 2.75) is 26.2 Å². The summed E-state index contributed by atoms with van der Waals surface area (Å²) < 4.78 is 18.2. The van der Waals surface area contributed by atoms with E-state index in [-0.39, 0.29) is 29.2 Å². The fourth-order valence-electron chi connectivity index (χ4n) is 3.30. The van der Waals surface area contributed by atoms with E-state index in [9.17, 15) is 14.0 Å². The standard InChI is InChI=1S/C21H27FN4O3/c1-2-23-20(27)16-13-26(14-16)11-5-3-4-10-24-21(28)18-12-19(29-25-18)15-6-8-17(22)9-7-15/h6-9,12,16H,2-5,10-11,13-14H2,1H3,(H,23,27)(H,24,28). The minimum Gasteiger partial charge on any atom is -0.356 e. The van der Waals surface area contributed by atoms with E-state index in [1.54, 1.807) is 18.2 Å². The molecule has 3 rings (SSSR count). The first-order valence-electron chi connectivity index (χ1n) is 10.1. The van der Waals surface area contributed by atoms with Gasteiger partial charge in [-0.05, 0) is 50.6 Å². The maximum atomic E-state index is 13.0. The second kappa shape index (κ2) is 10.2. The van der Waals surface area contributed by atoms with Crippen molar-refractivity contribution >= 4 is 11.8 Å². The molecule has 8 heteroatoms. The van der Waals surface area contributed by atoms with Gasteiger partial charge < -0.3 is 20.1 Å². The molecule has 1 saturated heterocycles. The second-order valence-electron chi connectivity index (χ2n) is 7.25. The van der Waals surface area contributed by atoms with E-state index in [4.69, 9.17) is 4.52 Å². The fraction of sp³-hybridized carbons (Fsp3) is 0.476.